The van der Waals surface area contributed by atoms with E-state index in [1.165, 1.54) is 0 Å². The van der Waals surface area contributed by atoms with E-state index in [1.54, 1.807) is 0 Å². The second-order valence-electron chi connectivity index (χ2n) is 5.53. The Kier molecular flexibility index (Phi) is 5.10. The first-order chi connectivity index (χ1) is 8.28. The third-order valence-corrected chi connectivity index (χ3v) is 2.97. The molecular formula is C12H23N3O3. The third-order valence-electron chi connectivity index (χ3n) is 2.97. The molecule has 1 aliphatic heterocycles. The number of carbonyl (C=O) groups excluding carboxylic acids is 1. The van der Waals surface area contributed by atoms with E-state index in [4.69, 9.17) is 10.8 Å². The standard InChI is InChI=1S/C12H23N3O3/c1-12(2,13)9-10(16)15-7-5-14(6-8-15)4-3-11(17)18/h3-9,13H2,1-2H3,(H,17,18). The van der Waals surface area contributed by atoms with Crippen LogP contribution in [0.2, 0.25) is 0 Å². The fourth-order valence-corrected chi connectivity index (χ4v) is 1.98. The molecule has 1 rings (SSSR count). The predicted molar refractivity (Wildman–Crippen MR) is 68.2 cm³/mol. The molecule has 0 spiro atoms. The molecule has 1 amide bonds. The lowest BCUT2D eigenvalue weighted by atomic mass is 10.0. The minimum atomic E-state index is -0.779. The van der Waals surface area contributed by atoms with E-state index in [0.29, 0.717) is 26.1 Å². The van der Waals surface area contributed by atoms with E-state index >= 15 is 0 Å². The van der Waals surface area contributed by atoms with Gasteiger partial charge in [0.1, 0.15) is 0 Å². The molecule has 18 heavy (non-hydrogen) atoms. The Labute approximate surface area is 108 Å². The molecule has 1 heterocycles. The van der Waals surface area contributed by atoms with E-state index in [0.717, 1.165) is 13.1 Å². The lowest BCUT2D eigenvalue weighted by Gasteiger charge is -2.35. The number of amides is 1. The minimum absolute atomic E-state index is 0.0837. The topological polar surface area (TPSA) is 86.9 Å². The first-order valence-electron chi connectivity index (χ1n) is 6.29. The first kappa shape index (κ1) is 14.9. The van der Waals surface area contributed by atoms with Crippen molar-refractivity contribution < 1.29 is 14.7 Å². The van der Waals surface area contributed by atoms with Crippen molar-refractivity contribution in [3.05, 3.63) is 0 Å². The van der Waals surface area contributed by atoms with Crippen LogP contribution in [0.15, 0.2) is 0 Å². The summed E-state index contributed by atoms with van der Waals surface area (Å²) in [6.45, 7) is 7.04. The molecule has 1 saturated heterocycles. The molecule has 104 valence electrons. The average molecular weight is 257 g/mol. The summed E-state index contributed by atoms with van der Waals surface area (Å²) in [5.41, 5.74) is 5.35. The molecule has 1 fully saturated rings. The lowest BCUT2D eigenvalue weighted by molar-refractivity contribution is -0.138. The summed E-state index contributed by atoms with van der Waals surface area (Å²) >= 11 is 0. The Morgan fingerprint density at radius 3 is 2.22 bits per heavy atom. The number of rotatable bonds is 5. The number of carboxylic acids is 1. The Morgan fingerprint density at radius 2 is 1.78 bits per heavy atom. The minimum Gasteiger partial charge on any atom is -0.481 e. The van der Waals surface area contributed by atoms with E-state index in [9.17, 15) is 9.59 Å². The van der Waals surface area contributed by atoms with Crippen molar-refractivity contribution in [1.82, 2.24) is 9.80 Å². The first-order valence-corrected chi connectivity index (χ1v) is 6.29. The number of piperazine rings is 1. The van der Waals surface area contributed by atoms with Gasteiger partial charge in [-0.25, -0.2) is 0 Å². The molecule has 1 aliphatic rings. The van der Waals surface area contributed by atoms with Gasteiger partial charge in [-0.3, -0.25) is 14.5 Å². The SMILES string of the molecule is CC(C)(N)CC(=O)N1CCN(CCC(=O)O)CC1. The van der Waals surface area contributed by atoms with Crippen molar-refractivity contribution in [3.63, 3.8) is 0 Å². The highest BCUT2D eigenvalue weighted by Gasteiger charge is 2.24. The fourth-order valence-electron chi connectivity index (χ4n) is 1.98. The molecule has 0 aromatic carbocycles. The molecule has 6 nitrogen and oxygen atoms in total. The lowest BCUT2D eigenvalue weighted by Crippen LogP contribution is -2.51. The van der Waals surface area contributed by atoms with E-state index in [-0.39, 0.29) is 12.3 Å². The van der Waals surface area contributed by atoms with Crippen molar-refractivity contribution in [3.8, 4) is 0 Å². The van der Waals surface area contributed by atoms with Gasteiger partial charge in [-0.1, -0.05) is 0 Å². The molecule has 0 atom stereocenters. The van der Waals surface area contributed by atoms with Gasteiger partial charge in [-0.2, -0.15) is 0 Å². The predicted octanol–water partition coefficient (Wildman–Crippen LogP) is -0.267. The Balaban J connectivity index is 2.30. The Hall–Kier alpha value is -1.14. The van der Waals surface area contributed by atoms with Crippen molar-refractivity contribution in [2.24, 2.45) is 5.73 Å². The summed E-state index contributed by atoms with van der Waals surface area (Å²) < 4.78 is 0. The number of carbonyl (C=O) groups is 2. The molecule has 0 radical (unpaired) electrons. The Bertz CT molecular complexity index is 304. The van der Waals surface area contributed by atoms with Gasteiger partial charge in [-0.15, -0.1) is 0 Å². The quantitative estimate of drug-likeness (QED) is 0.708. The van der Waals surface area contributed by atoms with Crippen LogP contribution in [-0.2, 0) is 9.59 Å². The van der Waals surface area contributed by atoms with E-state index < -0.39 is 11.5 Å². The maximum atomic E-state index is 11.9. The van der Waals surface area contributed by atoms with Gasteiger partial charge in [0.2, 0.25) is 5.91 Å². The number of nitrogens with two attached hydrogens (primary N) is 1. The number of aliphatic carboxylic acids is 1. The third kappa shape index (κ3) is 5.46. The molecule has 0 saturated carbocycles. The van der Waals surface area contributed by atoms with Gasteiger partial charge >= 0.3 is 5.97 Å². The van der Waals surface area contributed by atoms with Gasteiger partial charge in [0.05, 0.1) is 6.42 Å². The zero-order valence-corrected chi connectivity index (χ0v) is 11.2. The maximum Gasteiger partial charge on any atom is 0.304 e. The van der Waals surface area contributed by atoms with Gasteiger partial charge in [0.15, 0.2) is 0 Å². The smallest absolute Gasteiger partial charge is 0.304 e. The monoisotopic (exact) mass is 257 g/mol. The molecular weight excluding hydrogens is 234 g/mol. The van der Waals surface area contributed by atoms with Gasteiger partial charge in [0.25, 0.3) is 0 Å². The molecule has 0 aromatic heterocycles. The van der Waals surface area contributed by atoms with E-state index in [2.05, 4.69) is 4.90 Å². The van der Waals surface area contributed by atoms with Crippen LogP contribution in [0.3, 0.4) is 0 Å². The Morgan fingerprint density at radius 1 is 1.22 bits per heavy atom. The second-order valence-corrected chi connectivity index (χ2v) is 5.53. The molecule has 3 N–H and O–H groups in total. The number of nitrogens with zero attached hydrogens (tertiary/aromatic N) is 2. The van der Waals surface area contributed by atoms with Crippen LogP contribution >= 0.6 is 0 Å². The van der Waals surface area contributed by atoms with Crippen LogP contribution in [0, 0.1) is 0 Å². The van der Waals surface area contributed by atoms with Crippen LogP contribution in [0.1, 0.15) is 26.7 Å². The maximum absolute atomic E-state index is 11.9. The molecule has 0 aliphatic carbocycles. The van der Waals surface area contributed by atoms with E-state index in [1.807, 2.05) is 18.7 Å². The summed E-state index contributed by atoms with van der Waals surface area (Å²) in [6, 6.07) is 0. The zero-order valence-electron chi connectivity index (χ0n) is 11.2. The molecule has 0 unspecified atom stereocenters. The fraction of sp³-hybridized carbons (Fsp3) is 0.833. The van der Waals surface area contributed by atoms with Crippen LogP contribution in [0.25, 0.3) is 0 Å². The summed E-state index contributed by atoms with van der Waals surface area (Å²) in [5.74, 6) is -0.696. The summed E-state index contributed by atoms with van der Waals surface area (Å²) in [6.07, 6.45) is 0.506. The average Bonchev–Trinajstić information content (AvgIpc) is 2.24. The van der Waals surface area contributed by atoms with Crippen LogP contribution in [0.4, 0.5) is 0 Å². The molecule has 6 heteroatoms. The molecule has 0 aromatic rings. The van der Waals surface area contributed by atoms with Gasteiger partial charge in [-0.05, 0) is 13.8 Å². The summed E-state index contributed by atoms with van der Waals surface area (Å²) in [4.78, 5) is 26.3. The van der Waals surface area contributed by atoms with Gasteiger partial charge < -0.3 is 15.7 Å². The highest BCUT2D eigenvalue weighted by atomic mass is 16.4. The van der Waals surface area contributed by atoms with Crippen LogP contribution in [0.5, 0.6) is 0 Å². The highest BCUT2D eigenvalue weighted by Crippen LogP contribution is 2.10. The highest BCUT2D eigenvalue weighted by molar-refractivity contribution is 5.77. The summed E-state index contributed by atoms with van der Waals surface area (Å²) in [5, 5.41) is 8.61. The second kappa shape index (κ2) is 6.15. The van der Waals surface area contributed by atoms with Crippen molar-refractivity contribution in [2.45, 2.75) is 32.2 Å². The number of carboxylic acid groups (broad SMARTS) is 1. The summed E-state index contributed by atoms with van der Waals surface area (Å²) in [7, 11) is 0. The number of hydrogen-bond acceptors (Lipinski definition) is 4. The largest absolute Gasteiger partial charge is 0.481 e. The molecule has 0 bridgehead atoms. The van der Waals surface area contributed by atoms with Crippen LogP contribution in [-0.4, -0.2) is 65.0 Å². The normalized spacial score (nSPS) is 17.8. The zero-order chi connectivity index (χ0) is 13.8. The van der Waals surface area contributed by atoms with Crippen molar-refractivity contribution in [2.75, 3.05) is 32.7 Å². The van der Waals surface area contributed by atoms with Crippen molar-refractivity contribution in [1.29, 1.82) is 0 Å². The number of hydrogen-bond donors (Lipinski definition) is 2. The van der Waals surface area contributed by atoms with Crippen molar-refractivity contribution >= 4 is 11.9 Å². The van der Waals surface area contributed by atoms with Gasteiger partial charge in [0, 0.05) is 44.7 Å². The van der Waals surface area contributed by atoms with Crippen LogP contribution < -0.4 is 5.73 Å².